The van der Waals surface area contributed by atoms with Gasteiger partial charge in [0, 0.05) is 34.0 Å². The second-order valence-corrected chi connectivity index (χ2v) is 15.1. The number of rotatable bonds is 5. The standard InChI is InChI=1S/C49H45N3O/c1-4-15-34-17-14-18-35(16-5-2)47(34)52-43-24-10-9-23-42(43)51-31-32(3)46-39(36-19-6-7-20-37(36)41-22-12-13-30-50(41)46)28-26-33-27-29-40-38-21-8-11-25-44(38)53-48(40)45(33)49(51)52/h6-14,17-25,27,29-30,39,46H,3-5,15-16,26,28,31H2,1-2H3/q+2. The quantitative estimate of drug-likeness (QED) is 0.130. The number of nitrogens with zero attached hydrogens (tertiary/aromatic N) is 3. The number of para-hydroxylation sites is 4. The molecule has 2 unspecified atom stereocenters. The molecule has 0 bridgehead atoms. The Balaban J connectivity index is 1.34. The number of furan rings is 1. The van der Waals surface area contributed by atoms with Crippen LogP contribution < -0.4 is 9.13 Å². The summed E-state index contributed by atoms with van der Waals surface area (Å²) in [7, 11) is 0. The van der Waals surface area contributed by atoms with Gasteiger partial charge in [-0.05, 0) is 78.3 Å². The van der Waals surface area contributed by atoms with Gasteiger partial charge in [-0.25, -0.2) is 4.57 Å². The predicted octanol–water partition coefficient (Wildman–Crippen LogP) is 11.2. The summed E-state index contributed by atoms with van der Waals surface area (Å²) in [6, 6.07) is 45.0. The molecule has 0 spiro atoms. The van der Waals surface area contributed by atoms with Crippen molar-refractivity contribution in [1.29, 1.82) is 0 Å². The zero-order chi connectivity index (χ0) is 35.6. The van der Waals surface area contributed by atoms with Gasteiger partial charge in [-0.1, -0.05) is 112 Å². The van der Waals surface area contributed by atoms with Crippen LogP contribution in [0.15, 0.2) is 144 Å². The molecule has 0 N–H and O–H groups in total. The molecule has 0 fully saturated rings. The third-order valence-corrected chi connectivity index (χ3v) is 11.9. The van der Waals surface area contributed by atoms with Gasteiger partial charge in [-0.3, -0.25) is 0 Å². The van der Waals surface area contributed by atoms with Gasteiger partial charge < -0.3 is 4.42 Å². The molecular formula is C49H45N3O+2. The molecule has 2 aliphatic rings. The van der Waals surface area contributed by atoms with Crippen molar-refractivity contribution < 1.29 is 13.6 Å². The normalized spacial score (nSPS) is 16.6. The summed E-state index contributed by atoms with van der Waals surface area (Å²) in [6.07, 6.45) is 8.38. The molecule has 5 aromatic carbocycles. The predicted molar refractivity (Wildman–Crippen MR) is 215 cm³/mol. The van der Waals surface area contributed by atoms with Crippen molar-refractivity contribution in [3.05, 3.63) is 162 Å². The molecule has 2 aliphatic heterocycles. The summed E-state index contributed by atoms with van der Waals surface area (Å²) in [6.45, 7) is 10.3. The van der Waals surface area contributed by atoms with Gasteiger partial charge in [-0.2, -0.15) is 9.13 Å². The van der Waals surface area contributed by atoms with Gasteiger partial charge in [0.15, 0.2) is 28.9 Å². The van der Waals surface area contributed by atoms with E-state index in [1.807, 2.05) is 0 Å². The Hall–Kier alpha value is -5.74. The summed E-state index contributed by atoms with van der Waals surface area (Å²) >= 11 is 0. The van der Waals surface area contributed by atoms with Crippen molar-refractivity contribution in [3.63, 3.8) is 0 Å². The summed E-state index contributed by atoms with van der Waals surface area (Å²) in [5, 5.41) is 2.33. The van der Waals surface area contributed by atoms with Gasteiger partial charge in [0.05, 0.1) is 5.92 Å². The molecule has 260 valence electrons. The first kappa shape index (κ1) is 32.0. The van der Waals surface area contributed by atoms with E-state index in [-0.39, 0.29) is 12.0 Å². The van der Waals surface area contributed by atoms with E-state index in [4.69, 9.17) is 11.0 Å². The summed E-state index contributed by atoms with van der Waals surface area (Å²) < 4.78 is 14.7. The van der Waals surface area contributed by atoms with E-state index in [9.17, 15) is 0 Å². The van der Waals surface area contributed by atoms with Crippen LogP contribution in [0.1, 0.15) is 67.3 Å². The number of fused-ring (bicyclic) bond motifs is 15. The third kappa shape index (κ3) is 4.88. The smallest absolute Gasteiger partial charge is 0.299 e. The monoisotopic (exact) mass is 691 g/mol. The second kappa shape index (κ2) is 12.7. The number of benzene rings is 5. The van der Waals surface area contributed by atoms with E-state index in [1.54, 1.807) is 0 Å². The molecule has 8 aromatic rings. The highest BCUT2D eigenvalue weighted by atomic mass is 16.3. The fourth-order valence-corrected chi connectivity index (χ4v) is 9.77. The summed E-state index contributed by atoms with van der Waals surface area (Å²) in [5.41, 5.74) is 16.2. The lowest BCUT2D eigenvalue weighted by Crippen LogP contribution is -2.51. The lowest BCUT2D eigenvalue weighted by molar-refractivity contribution is -0.718. The van der Waals surface area contributed by atoms with Crippen LogP contribution in [-0.2, 0) is 25.8 Å². The van der Waals surface area contributed by atoms with Crippen LogP contribution in [0, 0.1) is 0 Å². The van der Waals surface area contributed by atoms with Gasteiger partial charge in [0.25, 0.3) is 5.82 Å². The molecule has 2 atom stereocenters. The van der Waals surface area contributed by atoms with E-state index in [1.165, 1.54) is 72.6 Å². The number of hydrogen-bond acceptors (Lipinski definition) is 1. The Labute approximate surface area is 311 Å². The van der Waals surface area contributed by atoms with E-state index in [2.05, 4.69) is 155 Å². The van der Waals surface area contributed by atoms with E-state index < -0.39 is 0 Å². The number of pyridine rings is 1. The Kier molecular flexibility index (Phi) is 7.68. The average Bonchev–Trinajstić information content (AvgIpc) is 3.72. The summed E-state index contributed by atoms with van der Waals surface area (Å²) in [4.78, 5) is 0. The lowest BCUT2D eigenvalue weighted by atomic mass is 9.76. The van der Waals surface area contributed by atoms with Crippen LogP contribution in [0.3, 0.4) is 0 Å². The van der Waals surface area contributed by atoms with Crippen molar-refractivity contribution in [1.82, 2.24) is 4.57 Å². The highest BCUT2D eigenvalue weighted by Gasteiger charge is 2.44. The third-order valence-electron chi connectivity index (χ3n) is 11.9. The molecule has 0 saturated heterocycles. The number of imidazole rings is 1. The number of allylic oxidation sites excluding steroid dienone is 1. The Morgan fingerprint density at radius 2 is 1.51 bits per heavy atom. The maximum absolute atomic E-state index is 7.00. The zero-order valence-electron chi connectivity index (χ0n) is 30.7. The first-order chi connectivity index (χ1) is 26.2. The SMILES string of the molecule is C=C1C[n+]2c(n(-c3c(CCC)cccc3CCC)c3ccccc32)-c2c(ccc3c2oc2ccccc23)CCC2c3ccccc3-c3cccc[n+]3C12. The van der Waals surface area contributed by atoms with E-state index >= 15 is 0 Å². The summed E-state index contributed by atoms with van der Waals surface area (Å²) in [5.74, 6) is 1.45. The molecule has 10 rings (SSSR count). The van der Waals surface area contributed by atoms with Crippen LogP contribution in [0.25, 0.3) is 61.3 Å². The molecule has 0 radical (unpaired) electrons. The van der Waals surface area contributed by atoms with Crippen molar-refractivity contribution in [3.8, 4) is 28.3 Å². The highest BCUT2D eigenvalue weighted by Crippen LogP contribution is 2.46. The zero-order valence-corrected chi connectivity index (χ0v) is 30.7. The van der Waals surface area contributed by atoms with E-state index in [0.29, 0.717) is 6.54 Å². The Morgan fingerprint density at radius 1 is 0.755 bits per heavy atom. The highest BCUT2D eigenvalue weighted by molar-refractivity contribution is 6.10. The van der Waals surface area contributed by atoms with Crippen molar-refractivity contribution in [2.24, 2.45) is 0 Å². The lowest BCUT2D eigenvalue weighted by Gasteiger charge is -2.32. The Morgan fingerprint density at radius 3 is 2.36 bits per heavy atom. The second-order valence-electron chi connectivity index (χ2n) is 15.1. The number of aryl methyl sites for hydroxylation is 3. The molecule has 0 amide bonds. The van der Waals surface area contributed by atoms with Crippen LogP contribution in [0.5, 0.6) is 0 Å². The molecular weight excluding hydrogens is 647 g/mol. The van der Waals surface area contributed by atoms with Gasteiger partial charge in [0.1, 0.15) is 23.4 Å². The molecule has 5 heterocycles. The number of aromatic nitrogens is 3. The fraction of sp³-hybridized carbons (Fsp3) is 0.224. The van der Waals surface area contributed by atoms with Crippen LogP contribution in [0.2, 0.25) is 0 Å². The van der Waals surface area contributed by atoms with Gasteiger partial charge in [-0.15, -0.1) is 0 Å². The maximum Gasteiger partial charge on any atom is 0.299 e. The first-order valence-electron chi connectivity index (χ1n) is 19.5. The minimum absolute atomic E-state index is 0.114. The molecule has 53 heavy (non-hydrogen) atoms. The largest absolute Gasteiger partial charge is 0.455 e. The van der Waals surface area contributed by atoms with Gasteiger partial charge >= 0.3 is 0 Å². The average molecular weight is 692 g/mol. The minimum Gasteiger partial charge on any atom is -0.455 e. The minimum atomic E-state index is 0.114. The maximum atomic E-state index is 7.00. The van der Waals surface area contributed by atoms with Crippen molar-refractivity contribution in [2.45, 2.75) is 70.9 Å². The van der Waals surface area contributed by atoms with E-state index in [0.717, 1.165) is 55.1 Å². The van der Waals surface area contributed by atoms with Crippen LogP contribution in [0.4, 0.5) is 0 Å². The van der Waals surface area contributed by atoms with Crippen LogP contribution in [-0.4, -0.2) is 4.57 Å². The van der Waals surface area contributed by atoms with Crippen LogP contribution >= 0.6 is 0 Å². The molecule has 0 aliphatic carbocycles. The topological polar surface area (TPSA) is 25.8 Å². The van der Waals surface area contributed by atoms with Crippen molar-refractivity contribution >= 4 is 33.0 Å². The van der Waals surface area contributed by atoms with Crippen molar-refractivity contribution in [2.75, 3.05) is 0 Å². The molecule has 3 aromatic heterocycles. The molecule has 4 nitrogen and oxygen atoms in total. The molecule has 4 heteroatoms. The van der Waals surface area contributed by atoms with Gasteiger partial charge in [0.2, 0.25) is 5.69 Å². The first-order valence-corrected chi connectivity index (χ1v) is 19.5. The number of hydrogen-bond donors (Lipinski definition) is 0. The Bertz CT molecular complexity index is 2700. The fourth-order valence-electron chi connectivity index (χ4n) is 9.77. The molecule has 0 saturated carbocycles.